The highest BCUT2D eigenvalue weighted by molar-refractivity contribution is 5.63. The van der Waals surface area contributed by atoms with Crippen LogP contribution >= 0.6 is 0 Å². The Bertz CT molecular complexity index is 283. The third-order valence-electron chi connectivity index (χ3n) is 2.13. The van der Waals surface area contributed by atoms with Crippen LogP contribution in [0.4, 0.5) is 11.4 Å². The molecule has 0 unspecified atom stereocenters. The number of benzene rings is 1. The van der Waals surface area contributed by atoms with Gasteiger partial charge in [-0.25, -0.2) is 0 Å². The Hall–Kier alpha value is -1.22. The maximum absolute atomic E-state index is 5.83. The van der Waals surface area contributed by atoms with Gasteiger partial charge < -0.3 is 16.4 Å². The van der Waals surface area contributed by atoms with Gasteiger partial charge >= 0.3 is 0 Å². The van der Waals surface area contributed by atoms with Crippen molar-refractivity contribution in [2.75, 3.05) is 24.1 Å². The van der Waals surface area contributed by atoms with Gasteiger partial charge in [0.15, 0.2) is 0 Å². The van der Waals surface area contributed by atoms with Gasteiger partial charge in [-0.2, -0.15) is 0 Å². The zero-order chi connectivity index (χ0) is 8.39. The van der Waals surface area contributed by atoms with E-state index in [2.05, 4.69) is 16.7 Å². The molecule has 3 nitrogen and oxygen atoms in total. The molecule has 0 aromatic heterocycles. The standard InChI is InChI=1S/C9H13N3/c10-8-2-1-3-9-7(8)6-11-4-5-12-9/h1-3,11-12H,4-6,10H2. The molecule has 1 aliphatic heterocycles. The molecule has 1 heterocycles. The minimum absolute atomic E-state index is 0.870. The summed E-state index contributed by atoms with van der Waals surface area (Å²) in [6, 6.07) is 5.98. The molecule has 0 aliphatic carbocycles. The summed E-state index contributed by atoms with van der Waals surface area (Å²) in [7, 11) is 0. The van der Waals surface area contributed by atoms with E-state index < -0.39 is 0 Å². The van der Waals surface area contributed by atoms with Crippen molar-refractivity contribution in [3.63, 3.8) is 0 Å². The Balaban J connectivity index is 2.42. The van der Waals surface area contributed by atoms with Gasteiger partial charge in [-0.1, -0.05) is 6.07 Å². The van der Waals surface area contributed by atoms with Crippen molar-refractivity contribution < 1.29 is 0 Å². The lowest BCUT2D eigenvalue weighted by molar-refractivity contribution is 0.726. The lowest BCUT2D eigenvalue weighted by Crippen LogP contribution is -2.17. The summed E-state index contributed by atoms with van der Waals surface area (Å²) < 4.78 is 0. The van der Waals surface area contributed by atoms with Gasteiger partial charge in [0.1, 0.15) is 0 Å². The van der Waals surface area contributed by atoms with Gasteiger partial charge in [-0.3, -0.25) is 0 Å². The third kappa shape index (κ3) is 1.23. The molecule has 0 radical (unpaired) electrons. The first-order valence-corrected chi connectivity index (χ1v) is 4.20. The molecule has 0 amide bonds. The Labute approximate surface area is 72.0 Å². The van der Waals surface area contributed by atoms with Crippen molar-refractivity contribution >= 4 is 11.4 Å². The second kappa shape index (κ2) is 3.03. The number of rotatable bonds is 0. The molecule has 0 saturated carbocycles. The molecule has 1 aliphatic rings. The summed E-state index contributed by atoms with van der Waals surface area (Å²) in [6.45, 7) is 2.83. The predicted octanol–water partition coefficient (Wildman–Crippen LogP) is 0.784. The molecule has 2 rings (SSSR count). The summed E-state index contributed by atoms with van der Waals surface area (Å²) >= 11 is 0. The van der Waals surface area contributed by atoms with Crippen molar-refractivity contribution in [2.45, 2.75) is 6.54 Å². The predicted molar refractivity (Wildman–Crippen MR) is 51.1 cm³/mol. The number of fused-ring (bicyclic) bond motifs is 1. The van der Waals surface area contributed by atoms with Crippen LogP contribution in [0.25, 0.3) is 0 Å². The smallest absolute Gasteiger partial charge is 0.0407 e. The summed E-state index contributed by atoms with van der Waals surface area (Å²) in [5.41, 5.74) is 9.06. The maximum Gasteiger partial charge on any atom is 0.0407 e. The SMILES string of the molecule is Nc1cccc2c1CNCCN2. The molecule has 12 heavy (non-hydrogen) atoms. The quantitative estimate of drug-likeness (QED) is 0.495. The molecule has 1 aromatic rings. The fourth-order valence-electron chi connectivity index (χ4n) is 1.47. The van der Waals surface area contributed by atoms with Crippen molar-refractivity contribution in [3.05, 3.63) is 23.8 Å². The zero-order valence-corrected chi connectivity index (χ0v) is 6.93. The van der Waals surface area contributed by atoms with Crippen LogP contribution < -0.4 is 16.4 Å². The Kier molecular flexibility index (Phi) is 1.87. The first-order valence-electron chi connectivity index (χ1n) is 4.20. The van der Waals surface area contributed by atoms with Crippen LogP contribution in [0.3, 0.4) is 0 Å². The molecule has 64 valence electrons. The second-order valence-electron chi connectivity index (χ2n) is 2.98. The molecule has 0 bridgehead atoms. The van der Waals surface area contributed by atoms with E-state index in [1.165, 1.54) is 11.3 Å². The average Bonchev–Trinajstić information content (AvgIpc) is 2.30. The summed E-state index contributed by atoms with van der Waals surface area (Å²) in [4.78, 5) is 0. The van der Waals surface area contributed by atoms with Crippen LogP contribution in [0.15, 0.2) is 18.2 Å². The summed E-state index contributed by atoms with van der Waals surface area (Å²) in [6.07, 6.45) is 0. The molecule has 0 atom stereocenters. The van der Waals surface area contributed by atoms with Crippen molar-refractivity contribution in [3.8, 4) is 0 Å². The number of nitrogens with one attached hydrogen (secondary N) is 2. The van der Waals surface area contributed by atoms with Crippen LogP contribution in [0.5, 0.6) is 0 Å². The van der Waals surface area contributed by atoms with E-state index in [9.17, 15) is 0 Å². The normalized spacial score (nSPS) is 16.0. The van der Waals surface area contributed by atoms with Crippen LogP contribution in [0.2, 0.25) is 0 Å². The van der Waals surface area contributed by atoms with E-state index in [1.807, 2.05) is 12.1 Å². The number of anilines is 2. The fourth-order valence-corrected chi connectivity index (χ4v) is 1.47. The van der Waals surface area contributed by atoms with Gasteiger partial charge in [0, 0.05) is 36.6 Å². The van der Waals surface area contributed by atoms with Crippen LogP contribution in [-0.2, 0) is 6.54 Å². The Morgan fingerprint density at radius 3 is 3.08 bits per heavy atom. The van der Waals surface area contributed by atoms with Crippen LogP contribution in [-0.4, -0.2) is 13.1 Å². The molecule has 4 N–H and O–H groups in total. The van der Waals surface area contributed by atoms with E-state index in [0.29, 0.717) is 0 Å². The molecular weight excluding hydrogens is 150 g/mol. The second-order valence-corrected chi connectivity index (χ2v) is 2.98. The maximum atomic E-state index is 5.83. The minimum Gasteiger partial charge on any atom is -0.398 e. The number of nitrogen functional groups attached to an aromatic ring is 1. The summed E-state index contributed by atoms with van der Waals surface area (Å²) in [5.74, 6) is 0. The van der Waals surface area contributed by atoms with Crippen molar-refractivity contribution in [1.29, 1.82) is 0 Å². The lowest BCUT2D eigenvalue weighted by atomic mass is 10.1. The highest BCUT2D eigenvalue weighted by Gasteiger charge is 2.07. The third-order valence-corrected chi connectivity index (χ3v) is 2.13. The number of hydrogen-bond acceptors (Lipinski definition) is 3. The van der Waals surface area contributed by atoms with Gasteiger partial charge in [0.25, 0.3) is 0 Å². The number of nitrogens with two attached hydrogens (primary N) is 1. The molecule has 0 fully saturated rings. The lowest BCUT2D eigenvalue weighted by Gasteiger charge is -2.08. The summed E-state index contributed by atoms with van der Waals surface area (Å²) in [5, 5.41) is 6.63. The topological polar surface area (TPSA) is 50.1 Å². The minimum atomic E-state index is 0.870. The largest absolute Gasteiger partial charge is 0.398 e. The van der Waals surface area contributed by atoms with E-state index in [4.69, 9.17) is 5.73 Å². The molecular formula is C9H13N3. The first-order chi connectivity index (χ1) is 5.88. The van der Waals surface area contributed by atoms with Crippen LogP contribution in [0, 0.1) is 0 Å². The van der Waals surface area contributed by atoms with Gasteiger partial charge in [-0.15, -0.1) is 0 Å². The monoisotopic (exact) mass is 163 g/mol. The van der Waals surface area contributed by atoms with Gasteiger partial charge in [0.05, 0.1) is 0 Å². The van der Waals surface area contributed by atoms with E-state index in [0.717, 1.165) is 25.3 Å². The molecule has 0 saturated heterocycles. The van der Waals surface area contributed by atoms with E-state index >= 15 is 0 Å². The molecule has 3 heteroatoms. The van der Waals surface area contributed by atoms with Gasteiger partial charge in [-0.05, 0) is 12.1 Å². The first kappa shape index (κ1) is 7.43. The number of hydrogen-bond donors (Lipinski definition) is 3. The van der Waals surface area contributed by atoms with Crippen LogP contribution in [0.1, 0.15) is 5.56 Å². The highest BCUT2D eigenvalue weighted by atomic mass is 15.0. The van der Waals surface area contributed by atoms with E-state index in [-0.39, 0.29) is 0 Å². The zero-order valence-electron chi connectivity index (χ0n) is 6.93. The van der Waals surface area contributed by atoms with E-state index in [1.54, 1.807) is 0 Å². The molecule has 1 aromatic carbocycles. The Morgan fingerprint density at radius 2 is 2.17 bits per heavy atom. The molecule has 0 spiro atoms. The highest BCUT2D eigenvalue weighted by Crippen LogP contribution is 2.22. The average molecular weight is 163 g/mol. The van der Waals surface area contributed by atoms with Gasteiger partial charge in [0.2, 0.25) is 0 Å². The Morgan fingerprint density at radius 1 is 1.25 bits per heavy atom. The van der Waals surface area contributed by atoms with Crippen molar-refractivity contribution in [2.24, 2.45) is 0 Å². The fraction of sp³-hybridized carbons (Fsp3) is 0.333. The van der Waals surface area contributed by atoms with Crippen molar-refractivity contribution in [1.82, 2.24) is 5.32 Å².